The first-order valence-electron chi connectivity index (χ1n) is 9.49. The highest BCUT2D eigenvalue weighted by atomic mass is 127. The Morgan fingerprint density at radius 3 is 2.39 bits per heavy atom. The predicted octanol–water partition coefficient (Wildman–Crippen LogP) is 3.03. The van der Waals surface area contributed by atoms with Gasteiger partial charge in [0.05, 0.1) is 5.69 Å². The predicted molar refractivity (Wildman–Crippen MR) is 123 cm³/mol. The third kappa shape index (κ3) is 5.83. The molecule has 2 N–H and O–H groups in total. The van der Waals surface area contributed by atoms with Gasteiger partial charge in [-0.15, -0.1) is 24.0 Å². The van der Waals surface area contributed by atoms with Crippen molar-refractivity contribution in [3.05, 3.63) is 47.5 Å². The lowest BCUT2D eigenvalue weighted by Crippen LogP contribution is -2.51. The Morgan fingerprint density at radius 2 is 1.82 bits per heavy atom. The summed E-state index contributed by atoms with van der Waals surface area (Å²) in [5.74, 6) is 0.763. The molecule has 28 heavy (non-hydrogen) atoms. The summed E-state index contributed by atoms with van der Waals surface area (Å²) >= 11 is 0. The summed E-state index contributed by atoms with van der Waals surface area (Å²) in [4.78, 5) is 8.97. The van der Waals surface area contributed by atoms with E-state index in [1.807, 2.05) is 23.7 Å². The van der Waals surface area contributed by atoms with E-state index in [2.05, 4.69) is 39.8 Å². The van der Waals surface area contributed by atoms with Gasteiger partial charge in [-0.05, 0) is 50.1 Å². The zero-order valence-electron chi connectivity index (χ0n) is 16.8. The second-order valence-corrected chi connectivity index (χ2v) is 7.36. The van der Waals surface area contributed by atoms with Gasteiger partial charge in [-0.2, -0.15) is 5.10 Å². The summed E-state index contributed by atoms with van der Waals surface area (Å²) in [5, 5.41) is 4.51. The van der Waals surface area contributed by atoms with Gasteiger partial charge >= 0.3 is 0 Å². The number of aromatic nitrogens is 2. The van der Waals surface area contributed by atoms with Crippen LogP contribution in [-0.2, 0) is 6.54 Å². The number of hydrogen-bond acceptors (Lipinski definition) is 3. The lowest BCUT2D eigenvalue weighted by atomic mass is 10.2. The molecule has 1 aliphatic rings. The molecular formula is C20H30FIN6. The first-order valence-corrected chi connectivity index (χ1v) is 9.49. The van der Waals surface area contributed by atoms with E-state index in [0.717, 1.165) is 44.1 Å². The average molecular weight is 500 g/mol. The second-order valence-electron chi connectivity index (χ2n) is 7.36. The Kier molecular flexibility index (Phi) is 8.09. The van der Waals surface area contributed by atoms with Crippen molar-refractivity contribution < 1.29 is 4.39 Å². The average Bonchev–Trinajstić information content (AvgIpc) is 2.97. The molecule has 1 aromatic carbocycles. The minimum atomic E-state index is -0.205. The molecule has 1 atom stereocenters. The van der Waals surface area contributed by atoms with Crippen molar-refractivity contribution in [2.75, 3.05) is 37.6 Å². The molecular weight excluding hydrogens is 470 g/mol. The number of nitrogens with zero attached hydrogens (tertiary/aromatic N) is 5. The number of guanidine groups is 1. The standard InChI is InChI=1S/C20H29FN6.HI/c1-15(14-27-17(3)12-16(2)24-27)13-23-20(22)26-10-8-25(9-11-26)19-6-4-18(21)5-7-19;/h4-7,12,15H,8-11,13-14H2,1-3H3,(H2,22,23);1H. The van der Waals surface area contributed by atoms with E-state index in [1.54, 1.807) is 0 Å². The summed E-state index contributed by atoms with van der Waals surface area (Å²) in [6.45, 7) is 11.1. The normalized spacial score (nSPS) is 16.1. The topological polar surface area (TPSA) is 62.7 Å². The van der Waals surface area contributed by atoms with Crippen LogP contribution in [0, 0.1) is 25.6 Å². The fourth-order valence-corrected chi connectivity index (χ4v) is 3.41. The number of aliphatic imine (C=N–C) groups is 1. The lowest BCUT2D eigenvalue weighted by molar-refractivity contribution is 0.377. The van der Waals surface area contributed by atoms with Crippen molar-refractivity contribution in [2.24, 2.45) is 16.6 Å². The summed E-state index contributed by atoms with van der Waals surface area (Å²) in [6, 6.07) is 8.74. The number of benzene rings is 1. The van der Waals surface area contributed by atoms with Crippen molar-refractivity contribution in [3.63, 3.8) is 0 Å². The number of rotatable bonds is 5. The van der Waals surface area contributed by atoms with Crippen molar-refractivity contribution in [2.45, 2.75) is 27.3 Å². The molecule has 0 spiro atoms. The summed E-state index contributed by atoms with van der Waals surface area (Å²) in [6.07, 6.45) is 0. The van der Waals surface area contributed by atoms with E-state index in [0.29, 0.717) is 18.4 Å². The van der Waals surface area contributed by atoms with Crippen LogP contribution in [0.5, 0.6) is 0 Å². The van der Waals surface area contributed by atoms with Crippen molar-refractivity contribution >= 4 is 35.6 Å². The van der Waals surface area contributed by atoms with Crippen molar-refractivity contribution in [3.8, 4) is 0 Å². The second kappa shape index (κ2) is 10.1. The lowest BCUT2D eigenvalue weighted by Gasteiger charge is -2.36. The van der Waals surface area contributed by atoms with Crippen LogP contribution < -0.4 is 10.6 Å². The Labute approximate surface area is 183 Å². The highest BCUT2D eigenvalue weighted by Crippen LogP contribution is 2.17. The smallest absolute Gasteiger partial charge is 0.191 e. The highest BCUT2D eigenvalue weighted by Gasteiger charge is 2.19. The van der Waals surface area contributed by atoms with E-state index < -0.39 is 0 Å². The van der Waals surface area contributed by atoms with Gasteiger partial charge in [0.1, 0.15) is 5.82 Å². The zero-order valence-corrected chi connectivity index (χ0v) is 19.1. The molecule has 1 saturated heterocycles. The van der Waals surface area contributed by atoms with E-state index in [4.69, 9.17) is 5.73 Å². The van der Waals surface area contributed by atoms with Gasteiger partial charge < -0.3 is 15.5 Å². The van der Waals surface area contributed by atoms with E-state index in [1.165, 1.54) is 17.8 Å². The highest BCUT2D eigenvalue weighted by molar-refractivity contribution is 14.0. The Morgan fingerprint density at radius 1 is 1.18 bits per heavy atom. The molecule has 0 amide bonds. The third-order valence-corrected chi connectivity index (χ3v) is 4.95. The number of hydrogen-bond donors (Lipinski definition) is 1. The molecule has 0 bridgehead atoms. The van der Waals surface area contributed by atoms with Gasteiger partial charge in [0.2, 0.25) is 0 Å². The van der Waals surface area contributed by atoms with Gasteiger partial charge in [0.15, 0.2) is 5.96 Å². The summed E-state index contributed by atoms with van der Waals surface area (Å²) in [7, 11) is 0. The molecule has 1 aliphatic heterocycles. The largest absolute Gasteiger partial charge is 0.370 e. The van der Waals surface area contributed by atoms with Crippen LogP contribution in [0.4, 0.5) is 10.1 Å². The van der Waals surface area contributed by atoms with E-state index in [-0.39, 0.29) is 29.8 Å². The minimum Gasteiger partial charge on any atom is -0.370 e. The number of anilines is 1. The molecule has 3 rings (SSSR count). The van der Waals surface area contributed by atoms with Crippen LogP contribution in [0.2, 0.25) is 0 Å². The first kappa shape index (κ1) is 22.4. The van der Waals surface area contributed by atoms with Crippen LogP contribution >= 0.6 is 24.0 Å². The minimum absolute atomic E-state index is 0. The molecule has 0 saturated carbocycles. The molecule has 2 aromatic rings. The first-order chi connectivity index (χ1) is 12.9. The van der Waals surface area contributed by atoms with Gasteiger partial charge in [0, 0.05) is 50.6 Å². The Balaban J connectivity index is 0.00000280. The maximum absolute atomic E-state index is 13.1. The summed E-state index contributed by atoms with van der Waals surface area (Å²) in [5.41, 5.74) is 9.48. The molecule has 6 nitrogen and oxygen atoms in total. The van der Waals surface area contributed by atoms with Crippen molar-refractivity contribution in [1.82, 2.24) is 14.7 Å². The van der Waals surface area contributed by atoms with Crippen LogP contribution in [0.3, 0.4) is 0 Å². The van der Waals surface area contributed by atoms with Crippen LogP contribution in [0.25, 0.3) is 0 Å². The SMILES string of the molecule is Cc1cc(C)n(CC(C)CN=C(N)N2CCN(c3ccc(F)cc3)CC2)n1.I. The molecule has 1 fully saturated rings. The molecule has 2 heterocycles. The fraction of sp³-hybridized carbons (Fsp3) is 0.500. The van der Waals surface area contributed by atoms with Crippen LogP contribution in [0.15, 0.2) is 35.3 Å². The van der Waals surface area contributed by atoms with E-state index in [9.17, 15) is 4.39 Å². The number of piperazine rings is 1. The number of aryl methyl sites for hydroxylation is 2. The zero-order chi connectivity index (χ0) is 19.4. The molecule has 1 unspecified atom stereocenters. The molecule has 154 valence electrons. The van der Waals surface area contributed by atoms with Gasteiger partial charge in [-0.25, -0.2) is 4.39 Å². The van der Waals surface area contributed by atoms with Crippen LogP contribution in [0.1, 0.15) is 18.3 Å². The molecule has 1 aromatic heterocycles. The Bertz CT molecular complexity index is 780. The number of halogens is 2. The van der Waals surface area contributed by atoms with Gasteiger partial charge in [0.25, 0.3) is 0 Å². The van der Waals surface area contributed by atoms with Gasteiger partial charge in [-0.3, -0.25) is 9.67 Å². The summed E-state index contributed by atoms with van der Waals surface area (Å²) < 4.78 is 15.1. The van der Waals surface area contributed by atoms with Crippen LogP contribution in [-0.4, -0.2) is 53.4 Å². The molecule has 0 aliphatic carbocycles. The molecule has 0 radical (unpaired) electrons. The fourth-order valence-electron chi connectivity index (χ4n) is 3.41. The Hall–Kier alpha value is -1.84. The maximum atomic E-state index is 13.1. The monoisotopic (exact) mass is 500 g/mol. The quantitative estimate of drug-likeness (QED) is 0.390. The van der Waals surface area contributed by atoms with Crippen molar-refractivity contribution in [1.29, 1.82) is 0 Å². The third-order valence-electron chi connectivity index (χ3n) is 4.95. The van der Waals surface area contributed by atoms with E-state index >= 15 is 0 Å². The maximum Gasteiger partial charge on any atom is 0.191 e. The number of nitrogens with two attached hydrogens (primary N) is 1. The molecule has 8 heteroatoms. The van der Waals surface area contributed by atoms with Gasteiger partial charge in [-0.1, -0.05) is 6.92 Å².